The van der Waals surface area contributed by atoms with Crippen molar-refractivity contribution in [2.75, 3.05) is 18.2 Å². The first-order valence-electron chi connectivity index (χ1n) is 8.68. The zero-order valence-electron chi connectivity index (χ0n) is 15.6. The quantitative estimate of drug-likeness (QED) is 0.349. The number of hydrogen-bond acceptors (Lipinski definition) is 8. The molecule has 152 valence electrons. The number of thiophene rings is 1. The third-order valence-electron chi connectivity index (χ3n) is 4.07. The maximum Gasteiger partial charge on any atom is 0.337 e. The molecule has 0 saturated carbocycles. The normalized spacial score (nSPS) is 10.8. The fraction of sp³-hybridized carbons (Fsp3) is 0.105. The summed E-state index contributed by atoms with van der Waals surface area (Å²) >= 11 is 2.66. The Morgan fingerprint density at radius 3 is 2.77 bits per heavy atom. The van der Waals surface area contributed by atoms with Gasteiger partial charge in [0.15, 0.2) is 0 Å². The number of nitrogens with one attached hydrogen (secondary N) is 2. The molecule has 1 amide bonds. The van der Waals surface area contributed by atoms with Gasteiger partial charge in [-0.15, -0.1) is 16.4 Å². The Kier molecular flexibility index (Phi) is 5.63. The topological polar surface area (TPSA) is 118 Å². The molecular weight excluding hydrogens is 426 g/mol. The largest absolute Gasteiger partial charge is 0.465 e. The first kappa shape index (κ1) is 19.9. The number of anilines is 1. The minimum absolute atomic E-state index is 0.0566. The second-order valence-electron chi connectivity index (χ2n) is 6.05. The van der Waals surface area contributed by atoms with E-state index in [-0.39, 0.29) is 17.2 Å². The van der Waals surface area contributed by atoms with Crippen LogP contribution in [0.4, 0.5) is 5.69 Å². The zero-order chi connectivity index (χ0) is 21.1. The van der Waals surface area contributed by atoms with Crippen LogP contribution in [0.2, 0.25) is 0 Å². The summed E-state index contributed by atoms with van der Waals surface area (Å²) in [5.74, 6) is -0.656. The van der Waals surface area contributed by atoms with E-state index in [9.17, 15) is 14.4 Å². The number of fused-ring (bicyclic) bond motifs is 1. The van der Waals surface area contributed by atoms with Crippen molar-refractivity contribution in [3.05, 3.63) is 63.8 Å². The van der Waals surface area contributed by atoms with E-state index in [2.05, 4.69) is 25.3 Å². The fourth-order valence-corrected chi connectivity index (χ4v) is 4.05. The number of carbonyl (C=O) groups excluding carboxylic acids is 2. The summed E-state index contributed by atoms with van der Waals surface area (Å²) in [5.41, 5.74) is 1.61. The number of aromatic nitrogens is 4. The van der Waals surface area contributed by atoms with Crippen LogP contribution < -0.4 is 10.9 Å². The monoisotopic (exact) mass is 441 g/mol. The number of aromatic amines is 1. The minimum Gasteiger partial charge on any atom is -0.465 e. The number of ether oxygens (including phenoxy) is 1. The molecule has 0 unspecified atom stereocenters. The van der Waals surface area contributed by atoms with E-state index in [1.54, 1.807) is 30.3 Å². The molecular formula is C19H15N5O4S2. The zero-order valence-corrected chi connectivity index (χ0v) is 17.3. The molecule has 4 aromatic rings. The number of nitrogens with zero attached hydrogens (tertiary/aromatic N) is 3. The third kappa shape index (κ3) is 4.11. The Bertz CT molecular complexity index is 1260. The second kappa shape index (κ2) is 8.51. The lowest BCUT2D eigenvalue weighted by Crippen LogP contribution is -2.17. The van der Waals surface area contributed by atoms with E-state index < -0.39 is 5.97 Å². The number of hydrogen-bond donors (Lipinski definition) is 2. The minimum atomic E-state index is -0.447. The van der Waals surface area contributed by atoms with Gasteiger partial charge in [-0.1, -0.05) is 17.8 Å². The third-order valence-corrected chi connectivity index (χ3v) is 5.89. The highest BCUT2D eigenvalue weighted by Gasteiger charge is 2.14. The van der Waals surface area contributed by atoms with Crippen LogP contribution >= 0.6 is 23.1 Å². The number of H-pyrrole nitrogens is 1. The molecule has 0 fully saturated rings. The van der Waals surface area contributed by atoms with Crippen LogP contribution in [0.1, 0.15) is 10.4 Å². The van der Waals surface area contributed by atoms with Gasteiger partial charge in [0.25, 0.3) is 5.56 Å². The van der Waals surface area contributed by atoms with Gasteiger partial charge in [0.1, 0.15) is 11.2 Å². The molecule has 0 aliphatic rings. The molecule has 0 aliphatic heterocycles. The molecule has 2 N–H and O–H groups in total. The van der Waals surface area contributed by atoms with E-state index in [4.69, 9.17) is 0 Å². The molecule has 30 heavy (non-hydrogen) atoms. The fourth-order valence-electron chi connectivity index (χ4n) is 2.66. The summed E-state index contributed by atoms with van der Waals surface area (Å²) in [4.78, 5) is 36.8. The van der Waals surface area contributed by atoms with Crippen molar-refractivity contribution in [3.63, 3.8) is 0 Å². The van der Waals surface area contributed by atoms with Crippen molar-refractivity contribution in [1.29, 1.82) is 0 Å². The number of methoxy groups -OCH3 is 1. The molecule has 9 nitrogen and oxygen atoms in total. The van der Waals surface area contributed by atoms with E-state index >= 15 is 0 Å². The summed E-state index contributed by atoms with van der Waals surface area (Å²) in [6, 6.07) is 11.9. The van der Waals surface area contributed by atoms with Crippen LogP contribution in [-0.4, -0.2) is 44.6 Å². The summed E-state index contributed by atoms with van der Waals surface area (Å²) in [6.07, 6.45) is 0. The summed E-state index contributed by atoms with van der Waals surface area (Å²) in [6.45, 7) is 0. The Hall–Kier alpha value is -3.44. The Labute approximate surface area is 178 Å². The van der Waals surface area contributed by atoms with Gasteiger partial charge in [0.2, 0.25) is 11.1 Å². The molecule has 4 rings (SSSR count). The second-order valence-corrected chi connectivity index (χ2v) is 7.94. The van der Waals surface area contributed by atoms with Crippen LogP contribution in [-0.2, 0) is 9.53 Å². The Balaban J connectivity index is 1.47. The van der Waals surface area contributed by atoms with Crippen molar-refractivity contribution in [3.8, 4) is 10.6 Å². The van der Waals surface area contributed by atoms with Gasteiger partial charge < -0.3 is 10.1 Å². The van der Waals surface area contributed by atoms with Gasteiger partial charge in [-0.3, -0.25) is 9.59 Å². The smallest absolute Gasteiger partial charge is 0.337 e. The molecule has 0 bridgehead atoms. The first-order valence-corrected chi connectivity index (χ1v) is 10.5. The molecule has 0 spiro atoms. The molecule has 0 saturated heterocycles. The van der Waals surface area contributed by atoms with Crippen molar-refractivity contribution in [2.24, 2.45) is 0 Å². The van der Waals surface area contributed by atoms with Crippen molar-refractivity contribution in [2.45, 2.75) is 5.16 Å². The summed E-state index contributed by atoms with van der Waals surface area (Å²) in [7, 11) is 1.31. The van der Waals surface area contributed by atoms with Gasteiger partial charge in [-0.2, -0.15) is 5.10 Å². The van der Waals surface area contributed by atoms with Crippen LogP contribution in [0.3, 0.4) is 0 Å². The lowest BCUT2D eigenvalue weighted by atomic mass is 10.2. The highest BCUT2D eigenvalue weighted by molar-refractivity contribution is 7.99. The predicted molar refractivity (Wildman–Crippen MR) is 114 cm³/mol. The highest BCUT2D eigenvalue weighted by Crippen LogP contribution is 2.25. The van der Waals surface area contributed by atoms with Crippen molar-refractivity contribution < 1.29 is 14.3 Å². The number of carbonyl (C=O) groups is 2. The number of rotatable bonds is 6. The predicted octanol–water partition coefficient (Wildman–Crippen LogP) is 2.66. The summed E-state index contributed by atoms with van der Waals surface area (Å²) in [5, 5.41) is 16.0. The Morgan fingerprint density at radius 2 is 2.07 bits per heavy atom. The molecule has 0 aliphatic carbocycles. The first-order chi connectivity index (χ1) is 14.5. The van der Waals surface area contributed by atoms with E-state index in [1.807, 2.05) is 17.5 Å². The lowest BCUT2D eigenvalue weighted by Gasteiger charge is -2.06. The number of thioether (sulfide) groups is 1. The van der Waals surface area contributed by atoms with Crippen LogP contribution in [0.25, 0.3) is 16.1 Å². The SMILES string of the molecule is COC(=O)c1ccc(NC(=O)CSc2n[nH]c(=O)c3cc(-c4cccs4)nn23)cc1. The van der Waals surface area contributed by atoms with Gasteiger partial charge >= 0.3 is 5.97 Å². The van der Waals surface area contributed by atoms with Crippen molar-refractivity contribution in [1.82, 2.24) is 19.8 Å². The van der Waals surface area contributed by atoms with Gasteiger partial charge in [0.05, 0.1) is 23.3 Å². The maximum absolute atomic E-state index is 12.3. The van der Waals surface area contributed by atoms with Crippen LogP contribution in [0.15, 0.2) is 57.8 Å². The molecule has 0 atom stereocenters. The van der Waals surface area contributed by atoms with Gasteiger partial charge in [-0.25, -0.2) is 14.4 Å². The molecule has 3 heterocycles. The lowest BCUT2D eigenvalue weighted by molar-refractivity contribution is -0.113. The number of amides is 1. The van der Waals surface area contributed by atoms with Gasteiger partial charge in [0, 0.05) is 5.69 Å². The molecule has 0 radical (unpaired) electrons. The van der Waals surface area contributed by atoms with E-state index in [1.165, 1.54) is 23.0 Å². The van der Waals surface area contributed by atoms with E-state index in [0.29, 0.717) is 27.6 Å². The van der Waals surface area contributed by atoms with Crippen LogP contribution in [0, 0.1) is 0 Å². The molecule has 1 aromatic carbocycles. The highest BCUT2D eigenvalue weighted by atomic mass is 32.2. The number of benzene rings is 1. The average molecular weight is 441 g/mol. The molecule has 11 heteroatoms. The Morgan fingerprint density at radius 1 is 1.27 bits per heavy atom. The van der Waals surface area contributed by atoms with Gasteiger partial charge in [-0.05, 0) is 41.8 Å². The van der Waals surface area contributed by atoms with E-state index in [0.717, 1.165) is 16.6 Å². The van der Waals surface area contributed by atoms with Crippen LogP contribution in [0.5, 0.6) is 0 Å². The summed E-state index contributed by atoms with van der Waals surface area (Å²) < 4.78 is 6.09. The standard InChI is InChI=1S/C19H15N5O4S2/c1-28-18(27)11-4-6-12(7-5-11)20-16(25)10-30-19-22-21-17(26)14-9-13(23-24(14)19)15-3-2-8-29-15/h2-9H,10H2,1H3,(H,20,25)(H,21,26). The van der Waals surface area contributed by atoms with Crippen molar-refractivity contribution >= 4 is 46.2 Å². The molecule has 3 aromatic heterocycles. The average Bonchev–Trinajstić information content (AvgIpc) is 3.43. The number of esters is 1. The maximum atomic E-state index is 12.3.